The Hall–Kier alpha value is -1.68. The van der Waals surface area contributed by atoms with Crippen molar-refractivity contribution in [3.63, 3.8) is 0 Å². The Kier molecular flexibility index (Phi) is 4.30. The summed E-state index contributed by atoms with van der Waals surface area (Å²) in [5, 5.41) is 4.04. The first-order valence-electron chi connectivity index (χ1n) is 7.90. The Labute approximate surface area is 135 Å². The first kappa shape index (κ1) is 15.2. The summed E-state index contributed by atoms with van der Waals surface area (Å²) in [6, 6.07) is 8.03. The molecule has 1 amide bonds. The number of thiazole rings is 1. The third-order valence-electron chi connectivity index (χ3n) is 4.49. The van der Waals surface area contributed by atoms with Crippen molar-refractivity contribution in [1.82, 2.24) is 10.3 Å². The van der Waals surface area contributed by atoms with Gasteiger partial charge in [0.25, 0.3) is 0 Å². The molecule has 3 rings (SSSR count). The van der Waals surface area contributed by atoms with Gasteiger partial charge >= 0.3 is 0 Å². The van der Waals surface area contributed by atoms with Crippen LogP contribution < -0.4 is 5.32 Å². The molecule has 0 bridgehead atoms. The van der Waals surface area contributed by atoms with Gasteiger partial charge in [0.15, 0.2) is 0 Å². The van der Waals surface area contributed by atoms with Crippen LogP contribution in [0, 0.1) is 5.92 Å². The lowest BCUT2D eigenvalue weighted by molar-refractivity contribution is -0.118. The summed E-state index contributed by atoms with van der Waals surface area (Å²) in [6.07, 6.45) is 7.94. The summed E-state index contributed by atoms with van der Waals surface area (Å²) in [7, 11) is 0. The van der Waals surface area contributed by atoms with Crippen LogP contribution in [0.1, 0.15) is 44.5 Å². The minimum absolute atomic E-state index is 0.0173. The van der Waals surface area contributed by atoms with Crippen molar-refractivity contribution in [2.75, 3.05) is 0 Å². The lowest BCUT2D eigenvalue weighted by atomic mass is 9.78. The number of rotatable bonds is 3. The van der Waals surface area contributed by atoms with Gasteiger partial charge in [0.2, 0.25) is 5.91 Å². The van der Waals surface area contributed by atoms with Crippen LogP contribution in [0.5, 0.6) is 0 Å². The van der Waals surface area contributed by atoms with Crippen molar-refractivity contribution >= 4 is 33.5 Å². The highest BCUT2D eigenvalue weighted by Gasteiger charge is 2.30. The van der Waals surface area contributed by atoms with Crippen LogP contribution in [0.15, 0.2) is 30.3 Å². The summed E-state index contributed by atoms with van der Waals surface area (Å²) in [4.78, 5) is 16.7. The van der Waals surface area contributed by atoms with Gasteiger partial charge in [0, 0.05) is 11.6 Å². The monoisotopic (exact) mass is 314 g/mol. The zero-order valence-corrected chi connectivity index (χ0v) is 14.0. The molecule has 0 saturated heterocycles. The van der Waals surface area contributed by atoms with Gasteiger partial charge in [-0.1, -0.05) is 19.1 Å². The van der Waals surface area contributed by atoms with Crippen LogP contribution in [0.4, 0.5) is 0 Å². The second kappa shape index (κ2) is 6.21. The summed E-state index contributed by atoms with van der Waals surface area (Å²) in [5.41, 5.74) is 0.933. The first-order chi connectivity index (χ1) is 10.5. The normalized spacial score (nSPS) is 25.6. The number of nitrogens with one attached hydrogen (secondary N) is 1. The van der Waals surface area contributed by atoms with Gasteiger partial charge in [-0.05, 0) is 56.7 Å². The molecule has 1 aromatic carbocycles. The number of carbonyl (C=O) groups excluding carboxylic acids is 1. The minimum atomic E-state index is -0.0540. The molecule has 1 fully saturated rings. The molecule has 3 nitrogen and oxygen atoms in total. The number of amides is 1. The number of hydrogen-bond donors (Lipinski definition) is 1. The largest absolute Gasteiger partial charge is 0.347 e. The van der Waals surface area contributed by atoms with E-state index in [9.17, 15) is 4.79 Å². The van der Waals surface area contributed by atoms with E-state index in [-0.39, 0.29) is 11.4 Å². The molecule has 1 aliphatic rings. The van der Waals surface area contributed by atoms with Crippen molar-refractivity contribution in [1.29, 1.82) is 0 Å². The fraction of sp³-hybridized carbons (Fsp3) is 0.444. The van der Waals surface area contributed by atoms with Crippen molar-refractivity contribution in [2.45, 2.75) is 45.1 Å². The fourth-order valence-corrected chi connectivity index (χ4v) is 3.84. The number of aromatic nitrogens is 1. The van der Waals surface area contributed by atoms with E-state index in [1.54, 1.807) is 17.4 Å². The molecule has 0 spiro atoms. The van der Waals surface area contributed by atoms with Crippen molar-refractivity contribution in [2.24, 2.45) is 5.92 Å². The van der Waals surface area contributed by atoms with E-state index in [0.29, 0.717) is 0 Å². The van der Waals surface area contributed by atoms with Crippen LogP contribution in [0.25, 0.3) is 16.3 Å². The Morgan fingerprint density at radius 1 is 1.36 bits per heavy atom. The molecule has 0 aliphatic heterocycles. The molecule has 1 saturated carbocycles. The Balaban J connectivity index is 1.63. The SMILES string of the molecule is CC1CCC(C)(NC(=O)/C=C/c2nc3ccccc3s2)CC1. The molecule has 22 heavy (non-hydrogen) atoms. The molecule has 2 aromatic rings. The van der Waals surface area contributed by atoms with Crippen molar-refractivity contribution in [3.05, 3.63) is 35.3 Å². The zero-order chi connectivity index (χ0) is 15.6. The average Bonchev–Trinajstić information content (AvgIpc) is 2.91. The van der Waals surface area contributed by atoms with Crippen LogP contribution in [-0.2, 0) is 4.79 Å². The second-order valence-corrected chi connectivity index (χ2v) is 7.65. The molecular weight excluding hydrogens is 292 g/mol. The zero-order valence-electron chi connectivity index (χ0n) is 13.1. The molecule has 116 valence electrons. The number of fused-ring (bicyclic) bond motifs is 1. The van der Waals surface area contributed by atoms with Crippen LogP contribution >= 0.6 is 11.3 Å². The van der Waals surface area contributed by atoms with E-state index < -0.39 is 0 Å². The van der Waals surface area contributed by atoms with E-state index in [2.05, 4.69) is 30.2 Å². The van der Waals surface area contributed by atoms with E-state index in [1.807, 2.05) is 24.3 Å². The number of hydrogen-bond acceptors (Lipinski definition) is 3. The Morgan fingerprint density at radius 3 is 2.82 bits per heavy atom. The number of para-hydroxylation sites is 1. The van der Waals surface area contributed by atoms with Crippen LogP contribution in [0.3, 0.4) is 0 Å². The highest BCUT2D eigenvalue weighted by atomic mass is 32.1. The summed E-state index contributed by atoms with van der Waals surface area (Å²) in [6.45, 7) is 4.44. The lowest BCUT2D eigenvalue weighted by Crippen LogP contribution is -2.47. The topological polar surface area (TPSA) is 42.0 Å². The maximum Gasteiger partial charge on any atom is 0.244 e. The van der Waals surface area contributed by atoms with Gasteiger partial charge < -0.3 is 5.32 Å². The number of carbonyl (C=O) groups is 1. The minimum Gasteiger partial charge on any atom is -0.347 e. The van der Waals surface area contributed by atoms with Gasteiger partial charge in [0.05, 0.1) is 10.2 Å². The highest BCUT2D eigenvalue weighted by Crippen LogP contribution is 2.31. The maximum atomic E-state index is 12.2. The summed E-state index contributed by atoms with van der Waals surface area (Å²) >= 11 is 1.61. The molecular formula is C18H22N2OS. The van der Waals surface area contributed by atoms with E-state index in [0.717, 1.165) is 34.0 Å². The molecule has 1 aliphatic carbocycles. The maximum absolute atomic E-state index is 12.2. The average molecular weight is 314 g/mol. The fourth-order valence-electron chi connectivity index (χ4n) is 2.97. The first-order valence-corrected chi connectivity index (χ1v) is 8.72. The number of nitrogens with zero attached hydrogens (tertiary/aromatic N) is 1. The van der Waals surface area contributed by atoms with E-state index in [1.165, 1.54) is 12.8 Å². The quantitative estimate of drug-likeness (QED) is 0.853. The van der Waals surface area contributed by atoms with E-state index in [4.69, 9.17) is 0 Å². The Bertz CT molecular complexity index is 663. The summed E-state index contributed by atoms with van der Waals surface area (Å²) < 4.78 is 1.15. The standard InChI is InChI=1S/C18H22N2OS/c1-13-9-11-18(2,12-10-13)20-16(21)7-8-17-19-14-5-3-4-6-15(14)22-17/h3-8,13H,9-12H2,1-2H3,(H,20,21)/b8-7+. The van der Waals surface area contributed by atoms with Crippen LogP contribution in [-0.4, -0.2) is 16.4 Å². The van der Waals surface area contributed by atoms with Gasteiger partial charge in [-0.15, -0.1) is 11.3 Å². The second-order valence-electron chi connectivity index (χ2n) is 6.59. The third-order valence-corrected chi connectivity index (χ3v) is 5.49. The number of benzene rings is 1. The molecule has 0 unspecified atom stereocenters. The van der Waals surface area contributed by atoms with Gasteiger partial charge in [-0.2, -0.15) is 0 Å². The van der Waals surface area contributed by atoms with Crippen LogP contribution in [0.2, 0.25) is 0 Å². The smallest absolute Gasteiger partial charge is 0.244 e. The molecule has 4 heteroatoms. The lowest BCUT2D eigenvalue weighted by Gasteiger charge is -2.36. The molecule has 1 heterocycles. The van der Waals surface area contributed by atoms with Crippen molar-refractivity contribution in [3.8, 4) is 0 Å². The van der Waals surface area contributed by atoms with Crippen molar-refractivity contribution < 1.29 is 4.79 Å². The van der Waals surface area contributed by atoms with Gasteiger partial charge in [0.1, 0.15) is 5.01 Å². The Morgan fingerprint density at radius 2 is 2.09 bits per heavy atom. The van der Waals surface area contributed by atoms with Gasteiger partial charge in [-0.3, -0.25) is 4.79 Å². The third kappa shape index (κ3) is 3.55. The predicted octanol–water partition coefficient (Wildman–Crippen LogP) is 4.39. The predicted molar refractivity (Wildman–Crippen MR) is 92.8 cm³/mol. The van der Waals surface area contributed by atoms with Gasteiger partial charge in [-0.25, -0.2) is 4.98 Å². The molecule has 1 aromatic heterocycles. The summed E-state index contributed by atoms with van der Waals surface area (Å²) in [5.74, 6) is 0.763. The highest BCUT2D eigenvalue weighted by molar-refractivity contribution is 7.19. The molecule has 0 radical (unpaired) electrons. The molecule has 1 N–H and O–H groups in total. The van der Waals surface area contributed by atoms with E-state index >= 15 is 0 Å². The molecule has 0 atom stereocenters.